The Morgan fingerprint density at radius 1 is 1.05 bits per heavy atom. The first-order chi connectivity index (χ1) is 17.3. The van der Waals surface area contributed by atoms with Crippen molar-refractivity contribution in [2.45, 2.75) is 110 Å². The largest absolute Gasteiger partial charge is 0.462 e. The van der Waals surface area contributed by atoms with E-state index in [1.54, 1.807) is 27.7 Å². The van der Waals surface area contributed by atoms with Gasteiger partial charge < -0.3 is 20.1 Å². The molecule has 1 aliphatic heterocycles. The van der Waals surface area contributed by atoms with Gasteiger partial charge >= 0.3 is 5.97 Å². The lowest BCUT2D eigenvalue weighted by Crippen LogP contribution is -2.73. The maximum absolute atomic E-state index is 14.2. The number of fused-ring (bicyclic) bond motifs is 5. The van der Waals surface area contributed by atoms with Gasteiger partial charge in [-0.05, 0) is 49.2 Å². The summed E-state index contributed by atoms with van der Waals surface area (Å²) in [4.78, 5) is 53.1. The van der Waals surface area contributed by atoms with Gasteiger partial charge in [-0.15, -0.1) is 0 Å². The fourth-order valence-corrected chi connectivity index (χ4v) is 9.55. The Morgan fingerprint density at radius 3 is 2.26 bits per heavy atom. The molecule has 3 N–H and O–H groups in total. The smallest absolute Gasteiger partial charge is 0.309 e. The van der Waals surface area contributed by atoms with Gasteiger partial charge in [-0.25, -0.2) is 0 Å². The zero-order chi connectivity index (χ0) is 28.4. The van der Waals surface area contributed by atoms with Gasteiger partial charge in [-0.3, -0.25) is 19.2 Å². The third-order valence-electron chi connectivity index (χ3n) is 12.2. The van der Waals surface area contributed by atoms with Gasteiger partial charge in [0.2, 0.25) is 0 Å². The minimum Gasteiger partial charge on any atom is -0.462 e. The van der Waals surface area contributed by atoms with Gasteiger partial charge in [0.05, 0.1) is 17.6 Å². The first kappa shape index (κ1) is 27.7. The Labute approximate surface area is 224 Å². The van der Waals surface area contributed by atoms with Crippen molar-refractivity contribution in [3.8, 4) is 0 Å². The topological polar surface area (TPSA) is 138 Å². The lowest BCUT2D eigenvalue weighted by atomic mass is 9.38. The molecule has 210 valence electrons. The third kappa shape index (κ3) is 3.03. The van der Waals surface area contributed by atoms with Gasteiger partial charge in [0, 0.05) is 41.4 Å². The van der Waals surface area contributed by atoms with Gasteiger partial charge in [-0.1, -0.05) is 41.5 Å². The van der Waals surface area contributed by atoms with Crippen LogP contribution in [0.15, 0.2) is 11.6 Å². The van der Waals surface area contributed by atoms with E-state index in [0.717, 1.165) is 0 Å². The molecule has 0 aromatic carbocycles. The van der Waals surface area contributed by atoms with Gasteiger partial charge in [0.1, 0.15) is 11.9 Å². The molecule has 1 saturated heterocycles. The number of esters is 1. The molecule has 0 radical (unpaired) electrons. The van der Waals surface area contributed by atoms with Crippen LogP contribution >= 0.6 is 0 Å². The third-order valence-corrected chi connectivity index (χ3v) is 12.2. The van der Waals surface area contributed by atoms with Crippen molar-refractivity contribution in [2.24, 2.45) is 39.4 Å². The number of carbonyl (C=O) groups is 4. The number of aliphatic hydroxyl groups is 3. The molecule has 8 heteroatoms. The van der Waals surface area contributed by atoms with Crippen LogP contribution in [0.4, 0.5) is 0 Å². The number of allylic oxidation sites excluding steroid dienone is 1. The SMILES string of the molecule is C[C@H]1C[C@@H](C[C@](C)(O)[C@H]2C[C@@H](O)[C@@]3(C)[C@]4(O)C(=O)C[C@H]5C(C)(C)C(=O)CC[C@]5(C)C4=CC(=O)[C@]23C)OC1=O. The van der Waals surface area contributed by atoms with E-state index < -0.39 is 56.8 Å². The van der Waals surface area contributed by atoms with Crippen LogP contribution in [0.5, 0.6) is 0 Å². The zero-order valence-corrected chi connectivity index (χ0v) is 23.6. The molecular weight excluding hydrogens is 488 g/mol. The molecule has 0 bridgehead atoms. The Balaban J connectivity index is 1.63. The van der Waals surface area contributed by atoms with Crippen LogP contribution in [0.3, 0.4) is 0 Å². The number of Topliss-reactive ketones (excluding diaryl/α,β-unsaturated/α-hetero) is 2. The number of aliphatic hydroxyl groups excluding tert-OH is 1. The van der Waals surface area contributed by atoms with Crippen LogP contribution in [0.25, 0.3) is 0 Å². The van der Waals surface area contributed by atoms with E-state index in [1.807, 2.05) is 20.8 Å². The maximum Gasteiger partial charge on any atom is 0.309 e. The van der Waals surface area contributed by atoms with E-state index in [-0.39, 0.29) is 55.1 Å². The van der Waals surface area contributed by atoms with Crippen molar-refractivity contribution in [3.05, 3.63) is 11.6 Å². The minimum atomic E-state index is -2.13. The molecule has 8 nitrogen and oxygen atoms in total. The van der Waals surface area contributed by atoms with Crippen molar-refractivity contribution in [2.75, 3.05) is 0 Å². The molecule has 0 spiro atoms. The highest BCUT2D eigenvalue weighted by molar-refractivity contribution is 6.06. The number of hydrogen-bond acceptors (Lipinski definition) is 8. The van der Waals surface area contributed by atoms with Gasteiger partial charge in [0.15, 0.2) is 17.2 Å². The molecule has 0 unspecified atom stereocenters. The van der Waals surface area contributed by atoms with E-state index in [2.05, 4.69) is 0 Å². The molecule has 10 atom stereocenters. The van der Waals surface area contributed by atoms with E-state index in [1.165, 1.54) is 6.08 Å². The lowest BCUT2D eigenvalue weighted by molar-refractivity contribution is -0.204. The highest BCUT2D eigenvalue weighted by Crippen LogP contribution is 2.73. The van der Waals surface area contributed by atoms with Crippen molar-refractivity contribution in [3.63, 3.8) is 0 Å². The standard InChI is InChI=1S/C30H42O8/c1-15-10-16(38-24(15)35)14-27(5,36)19-13-22(33)29(7)28(19,6)21(32)12-18-26(4)9-8-20(31)25(2,3)17(26)11-23(34)30(18,29)37/h12,15-17,19,22,33,36-37H,8-11,13-14H2,1-7H3/t15-,16-,17-,19+,22+,26-,27-,28-,29+,30+/m0/s1. The zero-order valence-electron chi connectivity index (χ0n) is 23.6. The second-order valence-electron chi connectivity index (χ2n) is 14.3. The van der Waals surface area contributed by atoms with Crippen LogP contribution in [-0.4, -0.2) is 62.0 Å². The summed E-state index contributed by atoms with van der Waals surface area (Å²) in [5, 5.41) is 36.0. The van der Waals surface area contributed by atoms with Crippen LogP contribution in [0.2, 0.25) is 0 Å². The molecule has 4 aliphatic carbocycles. The summed E-state index contributed by atoms with van der Waals surface area (Å²) >= 11 is 0. The first-order valence-electron chi connectivity index (χ1n) is 14.0. The Hall–Kier alpha value is -1.90. The van der Waals surface area contributed by atoms with Crippen LogP contribution in [-0.2, 0) is 23.9 Å². The normalized spacial score (nSPS) is 49.5. The van der Waals surface area contributed by atoms with Crippen molar-refractivity contribution in [1.82, 2.24) is 0 Å². The minimum absolute atomic E-state index is 0.00277. The highest BCUT2D eigenvalue weighted by Gasteiger charge is 2.80. The molecule has 38 heavy (non-hydrogen) atoms. The van der Waals surface area contributed by atoms with Crippen molar-refractivity contribution in [1.29, 1.82) is 0 Å². The summed E-state index contributed by atoms with van der Waals surface area (Å²) in [6.07, 6.45) is 0.809. The summed E-state index contributed by atoms with van der Waals surface area (Å²) in [6.45, 7) is 12.2. The number of ether oxygens (including phenoxy) is 1. The summed E-state index contributed by atoms with van der Waals surface area (Å²) in [5.41, 5.74) is -8.01. The van der Waals surface area contributed by atoms with E-state index in [9.17, 15) is 34.5 Å². The lowest BCUT2D eigenvalue weighted by Gasteiger charge is -2.65. The van der Waals surface area contributed by atoms with E-state index >= 15 is 0 Å². The highest BCUT2D eigenvalue weighted by atomic mass is 16.6. The van der Waals surface area contributed by atoms with Crippen LogP contribution in [0.1, 0.15) is 87.0 Å². The van der Waals surface area contributed by atoms with Crippen molar-refractivity contribution < 1.29 is 39.2 Å². The van der Waals surface area contributed by atoms with Crippen molar-refractivity contribution >= 4 is 23.3 Å². The second-order valence-corrected chi connectivity index (χ2v) is 14.3. The molecule has 0 aromatic heterocycles. The number of rotatable bonds is 3. The monoisotopic (exact) mass is 530 g/mol. The maximum atomic E-state index is 14.2. The molecular formula is C30H42O8. The molecule has 5 aliphatic rings. The molecule has 0 aromatic rings. The van der Waals surface area contributed by atoms with Gasteiger partial charge in [0.25, 0.3) is 0 Å². The summed E-state index contributed by atoms with van der Waals surface area (Å²) in [7, 11) is 0. The summed E-state index contributed by atoms with van der Waals surface area (Å²) in [5.74, 6) is -2.57. The number of ketones is 3. The molecule has 4 fully saturated rings. The second kappa shape index (κ2) is 7.85. The Morgan fingerprint density at radius 2 is 1.68 bits per heavy atom. The van der Waals surface area contributed by atoms with Crippen LogP contribution < -0.4 is 0 Å². The van der Waals surface area contributed by atoms with E-state index in [0.29, 0.717) is 18.4 Å². The van der Waals surface area contributed by atoms with Gasteiger partial charge in [-0.2, -0.15) is 0 Å². The Bertz CT molecular complexity index is 1170. The fraction of sp³-hybridized carbons (Fsp3) is 0.800. The van der Waals surface area contributed by atoms with Crippen LogP contribution in [0, 0.1) is 39.4 Å². The molecule has 1 heterocycles. The Kier molecular flexibility index (Phi) is 5.71. The average molecular weight is 531 g/mol. The summed E-state index contributed by atoms with van der Waals surface area (Å²) < 4.78 is 5.45. The molecule has 5 rings (SSSR count). The molecule has 3 saturated carbocycles. The number of hydrogen-bond donors (Lipinski definition) is 3. The fourth-order valence-electron chi connectivity index (χ4n) is 9.55. The number of cyclic esters (lactones) is 1. The predicted octanol–water partition coefficient (Wildman–Crippen LogP) is 2.70. The quantitative estimate of drug-likeness (QED) is 0.474. The predicted molar refractivity (Wildman–Crippen MR) is 137 cm³/mol. The van der Waals surface area contributed by atoms with E-state index in [4.69, 9.17) is 4.74 Å². The first-order valence-corrected chi connectivity index (χ1v) is 14.0. The number of carbonyl (C=O) groups excluding carboxylic acids is 4. The summed E-state index contributed by atoms with van der Waals surface area (Å²) in [6, 6.07) is 0. The average Bonchev–Trinajstić information content (AvgIpc) is 3.24. The molecule has 0 amide bonds.